The van der Waals surface area contributed by atoms with Crippen molar-refractivity contribution in [3.05, 3.63) is 101 Å². The number of esters is 1. The van der Waals surface area contributed by atoms with E-state index in [9.17, 15) is 14.4 Å². The molecule has 0 spiro atoms. The molecule has 164 valence electrons. The minimum atomic E-state index is -1.07. The fourth-order valence-electron chi connectivity index (χ4n) is 3.33. The lowest BCUT2D eigenvalue weighted by Gasteiger charge is -2.15. The fourth-order valence-corrected chi connectivity index (χ4v) is 3.33. The molecule has 32 heavy (non-hydrogen) atoms. The Labute approximate surface area is 186 Å². The van der Waals surface area contributed by atoms with Gasteiger partial charge >= 0.3 is 11.9 Å². The van der Waals surface area contributed by atoms with Crippen LogP contribution in [-0.4, -0.2) is 28.9 Å². The number of rotatable bonds is 8. The molecule has 0 radical (unpaired) electrons. The van der Waals surface area contributed by atoms with Crippen LogP contribution in [0.1, 0.15) is 45.5 Å². The first kappa shape index (κ1) is 22.9. The molecule has 0 aliphatic heterocycles. The number of ketones is 1. The average Bonchev–Trinajstić information content (AvgIpc) is 2.80. The van der Waals surface area contributed by atoms with Gasteiger partial charge in [-0.2, -0.15) is 0 Å². The number of carbonyl (C=O) groups is 3. The highest BCUT2D eigenvalue weighted by atomic mass is 16.5. The van der Waals surface area contributed by atoms with Gasteiger partial charge in [-0.1, -0.05) is 60.7 Å². The normalized spacial score (nSPS) is 12.6. The minimum Gasteiger partial charge on any atom is -0.480 e. The number of ether oxygens (including phenoxy) is 1. The third-order valence-electron chi connectivity index (χ3n) is 5.26. The molecule has 0 fully saturated rings. The van der Waals surface area contributed by atoms with Gasteiger partial charge in [0.25, 0.3) is 0 Å². The van der Waals surface area contributed by atoms with Gasteiger partial charge in [-0.05, 0) is 49.1 Å². The molecule has 0 amide bonds. The number of carboxylic acids is 1. The van der Waals surface area contributed by atoms with Crippen molar-refractivity contribution in [2.45, 2.75) is 32.2 Å². The second-order valence-corrected chi connectivity index (χ2v) is 7.71. The molecule has 1 unspecified atom stereocenters. The summed E-state index contributed by atoms with van der Waals surface area (Å²) in [7, 11) is 0. The van der Waals surface area contributed by atoms with E-state index in [1.54, 1.807) is 80.6 Å². The second-order valence-electron chi connectivity index (χ2n) is 7.71. The van der Waals surface area contributed by atoms with E-state index in [1.165, 1.54) is 0 Å². The summed E-state index contributed by atoms with van der Waals surface area (Å²) in [6.07, 6.45) is 0.184. The molecule has 0 aromatic heterocycles. The number of carbonyl (C=O) groups excluding carboxylic acids is 2. The van der Waals surface area contributed by atoms with Gasteiger partial charge < -0.3 is 15.6 Å². The third kappa shape index (κ3) is 5.47. The van der Waals surface area contributed by atoms with Crippen molar-refractivity contribution in [3.63, 3.8) is 0 Å². The van der Waals surface area contributed by atoms with E-state index in [-0.39, 0.29) is 12.2 Å². The van der Waals surface area contributed by atoms with E-state index in [0.717, 1.165) is 5.56 Å². The Morgan fingerprint density at radius 1 is 0.938 bits per heavy atom. The summed E-state index contributed by atoms with van der Waals surface area (Å²) in [6, 6.07) is 20.0. The standard InChI is InChI=1S/C26H25NO5/c1-16-13-18(14-22(27)25(29)30)11-12-23(16)32-26(31)17(2)20-9-6-10-21(15-20)24(28)19-7-4-3-5-8-19/h3-13,15,17,22H,14,27H2,1-2H3,(H,29,30)/t17?,22-/m0/s1. The number of hydrogen-bond donors (Lipinski definition) is 2. The number of nitrogens with two attached hydrogens (primary N) is 1. The number of hydrogen-bond acceptors (Lipinski definition) is 5. The highest BCUT2D eigenvalue weighted by Gasteiger charge is 2.20. The van der Waals surface area contributed by atoms with Crippen molar-refractivity contribution in [2.24, 2.45) is 5.73 Å². The lowest BCUT2D eigenvalue weighted by Crippen LogP contribution is -2.32. The van der Waals surface area contributed by atoms with E-state index < -0.39 is 23.9 Å². The van der Waals surface area contributed by atoms with Crippen molar-refractivity contribution in [2.75, 3.05) is 0 Å². The van der Waals surface area contributed by atoms with Crippen molar-refractivity contribution < 1.29 is 24.2 Å². The maximum atomic E-state index is 12.8. The first-order valence-electron chi connectivity index (χ1n) is 10.3. The smallest absolute Gasteiger partial charge is 0.320 e. The van der Waals surface area contributed by atoms with Crippen LogP contribution in [0, 0.1) is 6.92 Å². The first-order chi connectivity index (χ1) is 15.3. The highest BCUT2D eigenvalue weighted by molar-refractivity contribution is 6.09. The Morgan fingerprint density at radius 3 is 2.28 bits per heavy atom. The molecule has 2 atom stereocenters. The van der Waals surface area contributed by atoms with Crippen LogP contribution in [0.3, 0.4) is 0 Å². The Balaban J connectivity index is 1.72. The maximum absolute atomic E-state index is 12.8. The quantitative estimate of drug-likeness (QED) is 0.318. The molecule has 3 N–H and O–H groups in total. The van der Waals surface area contributed by atoms with E-state index in [2.05, 4.69) is 0 Å². The molecule has 0 heterocycles. The van der Waals surface area contributed by atoms with Gasteiger partial charge in [-0.25, -0.2) is 0 Å². The molecular weight excluding hydrogens is 406 g/mol. The summed E-state index contributed by atoms with van der Waals surface area (Å²) in [5.74, 6) is -1.82. The van der Waals surface area contributed by atoms with E-state index in [1.807, 2.05) is 6.07 Å². The Hall–Kier alpha value is -3.77. The van der Waals surface area contributed by atoms with Crippen molar-refractivity contribution in [1.82, 2.24) is 0 Å². The lowest BCUT2D eigenvalue weighted by molar-refractivity contribution is -0.138. The van der Waals surface area contributed by atoms with Gasteiger partial charge in [0.1, 0.15) is 11.8 Å². The Morgan fingerprint density at radius 2 is 1.62 bits per heavy atom. The predicted octanol–water partition coefficient (Wildman–Crippen LogP) is 3.89. The van der Waals surface area contributed by atoms with Crippen molar-refractivity contribution >= 4 is 17.7 Å². The van der Waals surface area contributed by atoms with Gasteiger partial charge in [0.15, 0.2) is 5.78 Å². The van der Waals surface area contributed by atoms with Gasteiger partial charge in [0.2, 0.25) is 0 Å². The van der Waals surface area contributed by atoms with Crippen LogP contribution in [0.15, 0.2) is 72.8 Å². The summed E-state index contributed by atoms with van der Waals surface area (Å²) in [6.45, 7) is 3.51. The molecule has 3 aromatic carbocycles. The van der Waals surface area contributed by atoms with E-state index in [0.29, 0.717) is 28.0 Å². The Kier molecular flexibility index (Phi) is 7.18. The van der Waals surface area contributed by atoms with Crippen LogP contribution < -0.4 is 10.5 Å². The van der Waals surface area contributed by atoms with Crippen LogP contribution in [0.25, 0.3) is 0 Å². The lowest BCUT2D eigenvalue weighted by atomic mass is 9.96. The largest absolute Gasteiger partial charge is 0.480 e. The molecule has 0 bridgehead atoms. The van der Waals surface area contributed by atoms with Crippen LogP contribution in [0.4, 0.5) is 0 Å². The van der Waals surface area contributed by atoms with Crippen molar-refractivity contribution in [1.29, 1.82) is 0 Å². The Bertz CT molecular complexity index is 1140. The zero-order valence-corrected chi connectivity index (χ0v) is 17.9. The highest BCUT2D eigenvalue weighted by Crippen LogP contribution is 2.25. The van der Waals surface area contributed by atoms with Crippen molar-refractivity contribution in [3.8, 4) is 5.75 Å². The summed E-state index contributed by atoms with van der Waals surface area (Å²) in [5, 5.41) is 8.96. The van der Waals surface area contributed by atoms with Crippen LogP contribution >= 0.6 is 0 Å². The fraction of sp³-hybridized carbons (Fsp3) is 0.192. The number of aryl methyl sites for hydroxylation is 1. The molecule has 3 aromatic rings. The van der Waals surface area contributed by atoms with Gasteiger partial charge in [-0.3, -0.25) is 14.4 Å². The van der Waals surface area contributed by atoms with Crippen LogP contribution in [0.2, 0.25) is 0 Å². The molecule has 0 saturated heterocycles. The summed E-state index contributed by atoms with van der Waals surface area (Å²) in [4.78, 5) is 36.4. The van der Waals surface area contributed by atoms with Crippen LogP contribution in [0.5, 0.6) is 5.75 Å². The maximum Gasteiger partial charge on any atom is 0.320 e. The molecule has 0 saturated carbocycles. The van der Waals surface area contributed by atoms with Gasteiger partial charge in [0.05, 0.1) is 5.92 Å². The second kappa shape index (κ2) is 10.0. The molecule has 3 rings (SSSR count). The van der Waals surface area contributed by atoms with E-state index >= 15 is 0 Å². The third-order valence-corrected chi connectivity index (χ3v) is 5.26. The summed E-state index contributed by atoms with van der Waals surface area (Å²) in [5.41, 5.74) is 8.80. The zero-order chi connectivity index (χ0) is 23.3. The monoisotopic (exact) mass is 431 g/mol. The minimum absolute atomic E-state index is 0.112. The summed E-state index contributed by atoms with van der Waals surface area (Å²) >= 11 is 0. The van der Waals surface area contributed by atoms with E-state index in [4.69, 9.17) is 15.6 Å². The number of carboxylic acid groups (broad SMARTS) is 1. The summed E-state index contributed by atoms with van der Waals surface area (Å²) < 4.78 is 5.58. The molecule has 6 heteroatoms. The average molecular weight is 431 g/mol. The molecule has 6 nitrogen and oxygen atoms in total. The van der Waals surface area contributed by atoms with Gasteiger partial charge in [-0.15, -0.1) is 0 Å². The molecule has 0 aliphatic carbocycles. The molecular formula is C26H25NO5. The van der Waals surface area contributed by atoms with Crippen LogP contribution in [-0.2, 0) is 16.0 Å². The molecule has 0 aliphatic rings. The number of aliphatic carboxylic acids is 1. The zero-order valence-electron chi connectivity index (χ0n) is 17.9. The predicted molar refractivity (Wildman–Crippen MR) is 121 cm³/mol. The van der Waals surface area contributed by atoms with Gasteiger partial charge in [0, 0.05) is 11.1 Å². The number of benzene rings is 3. The SMILES string of the molecule is Cc1cc(C[C@H](N)C(=O)O)ccc1OC(=O)C(C)c1cccc(C(=O)c2ccccc2)c1. The first-order valence-corrected chi connectivity index (χ1v) is 10.3. The topological polar surface area (TPSA) is 107 Å².